The van der Waals surface area contributed by atoms with E-state index in [1.807, 2.05) is 6.92 Å². The summed E-state index contributed by atoms with van der Waals surface area (Å²) in [6.45, 7) is 6.48. The van der Waals surface area contributed by atoms with Gasteiger partial charge in [0.05, 0.1) is 11.7 Å². The summed E-state index contributed by atoms with van der Waals surface area (Å²) < 4.78 is 1.45. The Labute approximate surface area is 152 Å². The van der Waals surface area contributed by atoms with Gasteiger partial charge < -0.3 is 5.32 Å². The summed E-state index contributed by atoms with van der Waals surface area (Å²) in [6.07, 6.45) is 7.87. The number of hydrogen-bond acceptors (Lipinski definition) is 4. The van der Waals surface area contributed by atoms with Crippen LogP contribution in [0.1, 0.15) is 56.9 Å². The van der Waals surface area contributed by atoms with Gasteiger partial charge in [-0.3, -0.25) is 14.2 Å². The van der Waals surface area contributed by atoms with E-state index >= 15 is 0 Å². The molecule has 5 nitrogen and oxygen atoms in total. The van der Waals surface area contributed by atoms with Crippen molar-refractivity contribution in [1.82, 2.24) is 14.9 Å². The van der Waals surface area contributed by atoms with E-state index in [9.17, 15) is 9.59 Å². The van der Waals surface area contributed by atoms with E-state index in [1.54, 1.807) is 11.3 Å². The Morgan fingerprint density at radius 2 is 2.12 bits per heavy atom. The molecule has 0 bridgehead atoms. The van der Waals surface area contributed by atoms with Crippen LogP contribution in [-0.4, -0.2) is 21.5 Å². The zero-order chi connectivity index (χ0) is 18.0. The quantitative estimate of drug-likeness (QED) is 0.823. The molecule has 0 saturated carbocycles. The molecule has 1 aliphatic carbocycles. The third kappa shape index (κ3) is 4.11. The summed E-state index contributed by atoms with van der Waals surface area (Å²) in [4.78, 5) is 31.6. The van der Waals surface area contributed by atoms with Crippen LogP contribution in [0.25, 0.3) is 10.2 Å². The van der Waals surface area contributed by atoms with Gasteiger partial charge in [-0.2, -0.15) is 0 Å². The highest BCUT2D eigenvalue weighted by Gasteiger charge is 2.21. The summed E-state index contributed by atoms with van der Waals surface area (Å²) in [5.74, 6) is 0.568. The molecule has 3 rings (SSSR count). The molecule has 0 radical (unpaired) electrons. The third-order valence-corrected chi connectivity index (χ3v) is 6.03. The van der Waals surface area contributed by atoms with Crippen LogP contribution in [0.3, 0.4) is 0 Å². The molecule has 0 aromatic carbocycles. The summed E-state index contributed by atoms with van der Waals surface area (Å²) >= 11 is 1.63. The summed E-state index contributed by atoms with van der Waals surface area (Å²) in [7, 11) is 0. The van der Waals surface area contributed by atoms with E-state index in [1.165, 1.54) is 22.2 Å². The first-order valence-corrected chi connectivity index (χ1v) is 10.1. The van der Waals surface area contributed by atoms with Gasteiger partial charge in [-0.05, 0) is 44.1 Å². The summed E-state index contributed by atoms with van der Waals surface area (Å²) in [6, 6.07) is 0.129. The van der Waals surface area contributed by atoms with Gasteiger partial charge in [0.1, 0.15) is 11.4 Å². The molecule has 2 heterocycles. The molecule has 2 aromatic rings. The fourth-order valence-electron chi connectivity index (χ4n) is 3.51. The van der Waals surface area contributed by atoms with Crippen LogP contribution in [0.2, 0.25) is 0 Å². The molecule has 0 unspecified atom stereocenters. The minimum absolute atomic E-state index is 0.0426. The predicted molar refractivity (Wildman–Crippen MR) is 102 cm³/mol. The Morgan fingerprint density at radius 3 is 2.88 bits per heavy atom. The second-order valence-electron chi connectivity index (χ2n) is 7.51. The SMILES string of the molecule is CC(C)CCC[C@H](C)NC(=O)Cn1cnc2sc3c(c2c1=O)CCC3. The van der Waals surface area contributed by atoms with Crippen LogP contribution < -0.4 is 10.9 Å². The maximum atomic E-state index is 12.8. The molecule has 1 N–H and O–H groups in total. The number of amides is 1. The van der Waals surface area contributed by atoms with Gasteiger partial charge in [0.2, 0.25) is 5.91 Å². The number of carbonyl (C=O) groups is 1. The largest absolute Gasteiger partial charge is 0.352 e. The van der Waals surface area contributed by atoms with Crippen molar-refractivity contribution in [2.24, 2.45) is 5.92 Å². The second-order valence-corrected chi connectivity index (χ2v) is 8.59. The first-order chi connectivity index (χ1) is 12.0. The van der Waals surface area contributed by atoms with E-state index in [0.717, 1.165) is 47.9 Å². The highest BCUT2D eigenvalue weighted by atomic mass is 32.1. The average molecular weight is 362 g/mol. The van der Waals surface area contributed by atoms with E-state index in [2.05, 4.69) is 24.1 Å². The lowest BCUT2D eigenvalue weighted by molar-refractivity contribution is -0.122. The van der Waals surface area contributed by atoms with Gasteiger partial charge in [-0.1, -0.05) is 26.7 Å². The molecule has 1 aliphatic rings. The molecule has 0 saturated heterocycles. The topological polar surface area (TPSA) is 64.0 Å². The number of aryl methyl sites for hydroxylation is 2. The summed E-state index contributed by atoms with van der Waals surface area (Å²) in [5.41, 5.74) is 1.08. The Hall–Kier alpha value is -1.69. The van der Waals surface area contributed by atoms with Crippen molar-refractivity contribution in [2.45, 2.75) is 71.9 Å². The number of aromatic nitrogens is 2. The number of nitrogens with one attached hydrogen (secondary N) is 1. The maximum absolute atomic E-state index is 12.8. The van der Waals surface area contributed by atoms with Gasteiger partial charge in [0.25, 0.3) is 5.56 Å². The lowest BCUT2D eigenvalue weighted by Crippen LogP contribution is -2.37. The van der Waals surface area contributed by atoms with Gasteiger partial charge in [-0.15, -0.1) is 11.3 Å². The van der Waals surface area contributed by atoms with Crippen molar-refractivity contribution in [3.05, 3.63) is 27.1 Å². The highest BCUT2D eigenvalue weighted by molar-refractivity contribution is 7.18. The maximum Gasteiger partial charge on any atom is 0.262 e. The Bertz CT molecular complexity index is 822. The van der Waals surface area contributed by atoms with Gasteiger partial charge in [0, 0.05) is 10.9 Å². The molecular formula is C19H27N3O2S. The van der Waals surface area contributed by atoms with E-state index in [4.69, 9.17) is 0 Å². The summed E-state index contributed by atoms with van der Waals surface area (Å²) in [5, 5.41) is 3.73. The van der Waals surface area contributed by atoms with Crippen LogP contribution in [0, 0.1) is 5.92 Å². The lowest BCUT2D eigenvalue weighted by atomic mass is 10.0. The van der Waals surface area contributed by atoms with Gasteiger partial charge in [0.15, 0.2) is 0 Å². The molecule has 1 atom stereocenters. The average Bonchev–Trinajstić information content (AvgIpc) is 3.10. The molecule has 0 aliphatic heterocycles. The highest BCUT2D eigenvalue weighted by Crippen LogP contribution is 2.34. The minimum atomic E-state index is -0.118. The molecule has 6 heteroatoms. The molecule has 1 amide bonds. The molecule has 0 spiro atoms. The van der Waals surface area contributed by atoms with Crippen LogP contribution in [0.4, 0.5) is 0 Å². The van der Waals surface area contributed by atoms with E-state index in [0.29, 0.717) is 5.92 Å². The zero-order valence-corrected chi connectivity index (χ0v) is 16.1. The number of rotatable bonds is 7. The van der Waals surface area contributed by atoms with Crippen LogP contribution in [-0.2, 0) is 24.2 Å². The standard InChI is InChI=1S/C19H27N3O2S/c1-12(2)6-4-7-13(3)21-16(23)10-22-11-20-18-17(19(22)24)14-8-5-9-15(14)25-18/h11-13H,4-10H2,1-3H3,(H,21,23)/t13-/m0/s1. The van der Waals surface area contributed by atoms with Crippen molar-refractivity contribution in [1.29, 1.82) is 0 Å². The van der Waals surface area contributed by atoms with Crippen LogP contribution in [0.5, 0.6) is 0 Å². The smallest absolute Gasteiger partial charge is 0.262 e. The molecular weight excluding hydrogens is 334 g/mol. The van der Waals surface area contributed by atoms with Crippen molar-refractivity contribution >= 4 is 27.5 Å². The number of carbonyl (C=O) groups excluding carboxylic acids is 1. The normalized spacial score (nSPS) is 14.9. The second kappa shape index (κ2) is 7.68. The minimum Gasteiger partial charge on any atom is -0.352 e. The first kappa shape index (κ1) is 18.1. The van der Waals surface area contributed by atoms with Gasteiger partial charge in [-0.25, -0.2) is 4.98 Å². The zero-order valence-electron chi connectivity index (χ0n) is 15.3. The van der Waals surface area contributed by atoms with Gasteiger partial charge >= 0.3 is 0 Å². The van der Waals surface area contributed by atoms with E-state index < -0.39 is 0 Å². The van der Waals surface area contributed by atoms with Crippen molar-refractivity contribution in [3.8, 4) is 0 Å². The fourth-order valence-corrected chi connectivity index (χ4v) is 4.73. The molecule has 136 valence electrons. The monoisotopic (exact) mass is 361 g/mol. The first-order valence-electron chi connectivity index (χ1n) is 9.24. The molecule has 25 heavy (non-hydrogen) atoms. The number of hydrogen-bond donors (Lipinski definition) is 1. The number of nitrogens with zero attached hydrogens (tertiary/aromatic N) is 2. The lowest BCUT2D eigenvalue weighted by Gasteiger charge is -2.15. The molecule has 0 fully saturated rings. The Morgan fingerprint density at radius 1 is 1.32 bits per heavy atom. The van der Waals surface area contributed by atoms with Crippen molar-refractivity contribution < 1.29 is 4.79 Å². The number of fused-ring (bicyclic) bond motifs is 3. The Kier molecular flexibility index (Phi) is 5.57. The van der Waals surface area contributed by atoms with E-state index in [-0.39, 0.29) is 24.1 Å². The van der Waals surface area contributed by atoms with Crippen molar-refractivity contribution in [2.75, 3.05) is 0 Å². The Balaban J connectivity index is 1.65. The predicted octanol–water partition coefficient (Wildman–Crippen LogP) is 3.28. The van der Waals surface area contributed by atoms with Crippen LogP contribution in [0.15, 0.2) is 11.1 Å². The van der Waals surface area contributed by atoms with Crippen molar-refractivity contribution in [3.63, 3.8) is 0 Å². The van der Waals surface area contributed by atoms with Crippen LogP contribution >= 0.6 is 11.3 Å². The number of thiophene rings is 1. The fraction of sp³-hybridized carbons (Fsp3) is 0.632. The third-order valence-electron chi connectivity index (χ3n) is 4.83. The molecule has 2 aromatic heterocycles.